The lowest BCUT2D eigenvalue weighted by molar-refractivity contribution is -0.136. The summed E-state index contributed by atoms with van der Waals surface area (Å²) in [5.41, 5.74) is 2.29. The van der Waals surface area contributed by atoms with E-state index in [9.17, 15) is 14.4 Å². The summed E-state index contributed by atoms with van der Waals surface area (Å²) in [6.45, 7) is 3.27. The van der Waals surface area contributed by atoms with Crippen molar-refractivity contribution in [3.63, 3.8) is 0 Å². The lowest BCUT2D eigenvalue weighted by Crippen LogP contribution is -2.37. The molecule has 164 valence electrons. The van der Waals surface area contributed by atoms with E-state index in [1.165, 1.54) is 4.90 Å². The molecule has 2 aromatic carbocycles. The van der Waals surface area contributed by atoms with Gasteiger partial charge in [-0.3, -0.25) is 14.4 Å². The van der Waals surface area contributed by atoms with Gasteiger partial charge in [-0.1, -0.05) is 18.2 Å². The Bertz CT molecular complexity index is 956. The zero-order chi connectivity index (χ0) is 22.5. The van der Waals surface area contributed by atoms with Crippen LogP contribution in [-0.4, -0.2) is 61.8 Å². The number of benzene rings is 2. The minimum absolute atomic E-state index is 0.0327. The number of nitrogens with zero attached hydrogens (tertiary/aromatic N) is 3. The van der Waals surface area contributed by atoms with Gasteiger partial charge in [0.25, 0.3) is 5.91 Å². The maximum absolute atomic E-state index is 13.2. The van der Waals surface area contributed by atoms with Gasteiger partial charge in [0, 0.05) is 57.5 Å². The number of anilines is 1. The zero-order valence-corrected chi connectivity index (χ0v) is 18.5. The molecule has 1 saturated heterocycles. The van der Waals surface area contributed by atoms with E-state index < -0.39 is 0 Å². The van der Waals surface area contributed by atoms with E-state index >= 15 is 0 Å². The third-order valence-electron chi connectivity index (χ3n) is 5.51. The summed E-state index contributed by atoms with van der Waals surface area (Å²) >= 11 is 0. The van der Waals surface area contributed by atoms with Crippen molar-refractivity contribution in [2.75, 3.05) is 39.2 Å². The molecular formula is C24H29N3O4. The first-order valence-corrected chi connectivity index (χ1v) is 10.4. The molecule has 0 radical (unpaired) electrons. The minimum atomic E-state index is -0.381. The number of hydrogen-bond acceptors (Lipinski definition) is 4. The number of carbonyl (C=O) groups excluding carboxylic acids is 3. The number of rotatable bonds is 7. The van der Waals surface area contributed by atoms with Crippen LogP contribution in [0.3, 0.4) is 0 Å². The Morgan fingerprint density at radius 1 is 1.13 bits per heavy atom. The highest BCUT2D eigenvalue weighted by Crippen LogP contribution is 2.29. The highest BCUT2D eigenvalue weighted by Gasteiger charge is 2.37. The van der Waals surface area contributed by atoms with Gasteiger partial charge < -0.3 is 19.4 Å². The second-order valence-corrected chi connectivity index (χ2v) is 7.86. The fourth-order valence-electron chi connectivity index (χ4n) is 3.74. The Balaban J connectivity index is 1.68. The molecule has 3 amide bonds. The van der Waals surface area contributed by atoms with Crippen LogP contribution >= 0.6 is 0 Å². The predicted octanol–water partition coefficient (Wildman–Crippen LogP) is 2.80. The van der Waals surface area contributed by atoms with Crippen LogP contribution in [0.25, 0.3) is 0 Å². The molecule has 0 aliphatic carbocycles. The fraction of sp³-hybridized carbons (Fsp3) is 0.375. The number of carbonyl (C=O) groups is 3. The topological polar surface area (TPSA) is 70.2 Å². The zero-order valence-electron chi connectivity index (χ0n) is 18.5. The summed E-state index contributed by atoms with van der Waals surface area (Å²) in [4.78, 5) is 42.7. The van der Waals surface area contributed by atoms with Gasteiger partial charge >= 0.3 is 0 Å². The molecule has 2 aromatic rings. The Morgan fingerprint density at radius 3 is 2.45 bits per heavy atom. The average molecular weight is 424 g/mol. The average Bonchev–Trinajstić information content (AvgIpc) is 3.18. The van der Waals surface area contributed by atoms with Gasteiger partial charge in [0.2, 0.25) is 11.8 Å². The molecule has 1 aliphatic rings. The maximum Gasteiger partial charge on any atom is 0.253 e. The summed E-state index contributed by atoms with van der Waals surface area (Å²) in [5.74, 6) is 0.140. The predicted molar refractivity (Wildman–Crippen MR) is 119 cm³/mol. The molecule has 1 aliphatic heterocycles. The van der Waals surface area contributed by atoms with E-state index in [4.69, 9.17) is 4.74 Å². The van der Waals surface area contributed by atoms with Crippen LogP contribution in [0.5, 0.6) is 5.75 Å². The Hall–Kier alpha value is -3.35. The van der Waals surface area contributed by atoms with Gasteiger partial charge in [-0.25, -0.2) is 0 Å². The second-order valence-electron chi connectivity index (χ2n) is 7.86. The SMILES string of the molecule is CCN(Cc1ccc(C(=O)N(C)C)cc1)C(=O)C1CC(=O)N(c2cccc(OC)c2)C1. The molecule has 1 atom stereocenters. The summed E-state index contributed by atoms with van der Waals surface area (Å²) < 4.78 is 5.25. The lowest BCUT2D eigenvalue weighted by Gasteiger charge is -2.24. The molecule has 31 heavy (non-hydrogen) atoms. The minimum Gasteiger partial charge on any atom is -0.497 e. The smallest absolute Gasteiger partial charge is 0.253 e. The van der Waals surface area contributed by atoms with Gasteiger partial charge in [0.05, 0.1) is 13.0 Å². The molecule has 0 aromatic heterocycles. The van der Waals surface area contributed by atoms with E-state index in [0.717, 1.165) is 11.3 Å². The van der Waals surface area contributed by atoms with Crippen LogP contribution in [0.4, 0.5) is 5.69 Å². The standard InChI is InChI=1S/C24H29N3O4/c1-5-26(15-17-9-11-18(12-10-17)23(29)25(2)3)24(30)19-13-22(28)27(16-19)20-7-6-8-21(14-20)31-4/h6-12,14,19H,5,13,15-16H2,1-4H3. The number of amides is 3. The van der Waals surface area contributed by atoms with Crippen LogP contribution in [0.15, 0.2) is 48.5 Å². The van der Waals surface area contributed by atoms with Crippen molar-refractivity contribution >= 4 is 23.4 Å². The van der Waals surface area contributed by atoms with Crippen molar-refractivity contribution in [2.45, 2.75) is 19.9 Å². The van der Waals surface area contributed by atoms with E-state index in [1.54, 1.807) is 49.2 Å². The lowest BCUT2D eigenvalue weighted by atomic mass is 10.1. The van der Waals surface area contributed by atoms with Crippen molar-refractivity contribution < 1.29 is 19.1 Å². The summed E-state index contributed by atoms with van der Waals surface area (Å²) in [5, 5.41) is 0. The summed E-state index contributed by atoms with van der Waals surface area (Å²) in [6.07, 6.45) is 0.197. The van der Waals surface area contributed by atoms with Crippen LogP contribution in [0.1, 0.15) is 29.3 Å². The van der Waals surface area contributed by atoms with Gasteiger partial charge in [-0.05, 0) is 36.8 Å². The van der Waals surface area contributed by atoms with Gasteiger partial charge in [-0.15, -0.1) is 0 Å². The van der Waals surface area contributed by atoms with E-state index in [-0.39, 0.29) is 30.1 Å². The van der Waals surface area contributed by atoms with Gasteiger partial charge in [-0.2, -0.15) is 0 Å². The number of ether oxygens (including phenoxy) is 1. The second kappa shape index (κ2) is 9.64. The van der Waals surface area contributed by atoms with E-state index in [1.807, 2.05) is 37.3 Å². The molecule has 3 rings (SSSR count). The molecular weight excluding hydrogens is 394 g/mol. The summed E-state index contributed by atoms with van der Waals surface area (Å²) in [6, 6.07) is 14.6. The molecule has 1 heterocycles. The Morgan fingerprint density at radius 2 is 1.84 bits per heavy atom. The number of hydrogen-bond donors (Lipinski definition) is 0. The van der Waals surface area contributed by atoms with Crippen LogP contribution < -0.4 is 9.64 Å². The highest BCUT2D eigenvalue weighted by molar-refractivity contribution is 6.00. The normalized spacial score (nSPS) is 15.7. The molecule has 7 heteroatoms. The maximum atomic E-state index is 13.2. The van der Waals surface area contributed by atoms with E-state index in [0.29, 0.717) is 30.9 Å². The van der Waals surface area contributed by atoms with Crippen molar-refractivity contribution in [3.05, 3.63) is 59.7 Å². The van der Waals surface area contributed by atoms with Crippen LogP contribution in [0, 0.1) is 5.92 Å². The quantitative estimate of drug-likeness (QED) is 0.687. The molecule has 1 fully saturated rings. The van der Waals surface area contributed by atoms with Crippen molar-refractivity contribution in [2.24, 2.45) is 5.92 Å². The van der Waals surface area contributed by atoms with Crippen molar-refractivity contribution in [1.29, 1.82) is 0 Å². The Labute approximate surface area is 183 Å². The van der Waals surface area contributed by atoms with Gasteiger partial charge in [0.1, 0.15) is 5.75 Å². The largest absolute Gasteiger partial charge is 0.497 e. The number of methoxy groups -OCH3 is 1. The molecule has 0 N–H and O–H groups in total. The monoisotopic (exact) mass is 423 g/mol. The van der Waals surface area contributed by atoms with Crippen LogP contribution in [0.2, 0.25) is 0 Å². The first kappa shape index (κ1) is 22.3. The molecule has 0 saturated carbocycles. The van der Waals surface area contributed by atoms with Crippen molar-refractivity contribution in [3.8, 4) is 5.75 Å². The van der Waals surface area contributed by atoms with E-state index in [2.05, 4.69) is 0 Å². The third-order valence-corrected chi connectivity index (χ3v) is 5.51. The van der Waals surface area contributed by atoms with Gasteiger partial charge in [0.15, 0.2) is 0 Å². The third kappa shape index (κ3) is 5.05. The molecule has 7 nitrogen and oxygen atoms in total. The van der Waals surface area contributed by atoms with Crippen molar-refractivity contribution in [1.82, 2.24) is 9.80 Å². The highest BCUT2D eigenvalue weighted by atomic mass is 16.5. The molecule has 1 unspecified atom stereocenters. The molecule has 0 spiro atoms. The molecule has 0 bridgehead atoms. The first-order valence-electron chi connectivity index (χ1n) is 10.4. The fourth-order valence-corrected chi connectivity index (χ4v) is 3.74. The summed E-state index contributed by atoms with van der Waals surface area (Å²) in [7, 11) is 5.01. The van der Waals surface area contributed by atoms with Crippen LogP contribution in [-0.2, 0) is 16.1 Å². The Kier molecular flexibility index (Phi) is 6.95. The first-order chi connectivity index (χ1) is 14.8.